The van der Waals surface area contributed by atoms with E-state index in [1.165, 1.54) is 0 Å². The van der Waals surface area contributed by atoms with E-state index in [2.05, 4.69) is 27.7 Å². The standard InChI is InChI=1S/C10H8ClIN2O/c11-8-1-2-10(7(3-8)6-15)14-5-9(12)4-13-14/h1-5,15H,6H2. The third-order valence-corrected chi connectivity index (χ3v) is 2.80. The van der Waals surface area contributed by atoms with Crippen LogP contribution in [0.1, 0.15) is 5.56 Å². The molecular weight excluding hydrogens is 326 g/mol. The highest BCUT2D eigenvalue weighted by atomic mass is 127. The van der Waals surface area contributed by atoms with Gasteiger partial charge >= 0.3 is 0 Å². The molecule has 2 aromatic rings. The van der Waals surface area contributed by atoms with Gasteiger partial charge in [-0.05, 0) is 40.8 Å². The van der Waals surface area contributed by atoms with Crippen LogP contribution in [0.15, 0.2) is 30.6 Å². The largest absolute Gasteiger partial charge is 0.392 e. The maximum absolute atomic E-state index is 9.21. The summed E-state index contributed by atoms with van der Waals surface area (Å²) < 4.78 is 2.77. The minimum atomic E-state index is -0.0493. The second-order valence-corrected chi connectivity index (χ2v) is 4.72. The van der Waals surface area contributed by atoms with Gasteiger partial charge in [-0.3, -0.25) is 0 Å². The average molecular weight is 335 g/mol. The summed E-state index contributed by atoms with van der Waals surface area (Å²) in [6, 6.07) is 5.37. The number of aliphatic hydroxyl groups excluding tert-OH is 1. The molecule has 3 nitrogen and oxygen atoms in total. The maximum atomic E-state index is 9.21. The zero-order valence-electron chi connectivity index (χ0n) is 7.69. The van der Waals surface area contributed by atoms with Gasteiger partial charge in [0.25, 0.3) is 0 Å². The Morgan fingerprint density at radius 3 is 2.87 bits per heavy atom. The zero-order chi connectivity index (χ0) is 10.8. The van der Waals surface area contributed by atoms with Crippen LogP contribution in [0.3, 0.4) is 0 Å². The monoisotopic (exact) mass is 334 g/mol. The number of rotatable bonds is 2. The van der Waals surface area contributed by atoms with E-state index in [1.807, 2.05) is 12.3 Å². The van der Waals surface area contributed by atoms with Crippen molar-refractivity contribution in [1.29, 1.82) is 0 Å². The molecule has 78 valence electrons. The Bertz CT molecular complexity index is 484. The number of aromatic nitrogens is 2. The van der Waals surface area contributed by atoms with E-state index in [4.69, 9.17) is 11.6 Å². The van der Waals surface area contributed by atoms with Crippen molar-refractivity contribution in [2.75, 3.05) is 0 Å². The van der Waals surface area contributed by atoms with E-state index < -0.39 is 0 Å². The summed E-state index contributed by atoms with van der Waals surface area (Å²) >= 11 is 8.03. The van der Waals surface area contributed by atoms with E-state index in [1.54, 1.807) is 23.0 Å². The first-order valence-electron chi connectivity index (χ1n) is 4.30. The van der Waals surface area contributed by atoms with Crippen molar-refractivity contribution in [2.24, 2.45) is 0 Å². The van der Waals surface area contributed by atoms with Crippen molar-refractivity contribution >= 4 is 34.2 Å². The minimum Gasteiger partial charge on any atom is -0.392 e. The van der Waals surface area contributed by atoms with Crippen LogP contribution in [-0.2, 0) is 6.61 Å². The summed E-state index contributed by atoms with van der Waals surface area (Å²) in [4.78, 5) is 0. The molecule has 0 amide bonds. The molecule has 0 bridgehead atoms. The van der Waals surface area contributed by atoms with Gasteiger partial charge in [-0.25, -0.2) is 4.68 Å². The number of nitrogens with zero attached hydrogens (tertiary/aromatic N) is 2. The first-order valence-corrected chi connectivity index (χ1v) is 5.76. The van der Waals surface area contributed by atoms with Crippen LogP contribution in [0.25, 0.3) is 5.69 Å². The summed E-state index contributed by atoms with van der Waals surface area (Å²) in [5.41, 5.74) is 1.62. The van der Waals surface area contributed by atoms with Crippen LogP contribution in [-0.4, -0.2) is 14.9 Å². The molecule has 0 radical (unpaired) electrons. The lowest BCUT2D eigenvalue weighted by atomic mass is 10.2. The van der Waals surface area contributed by atoms with Crippen molar-refractivity contribution in [3.63, 3.8) is 0 Å². The van der Waals surface area contributed by atoms with Crippen LogP contribution in [0, 0.1) is 3.57 Å². The van der Waals surface area contributed by atoms with E-state index in [9.17, 15) is 5.11 Å². The summed E-state index contributed by atoms with van der Waals surface area (Å²) in [6.07, 6.45) is 3.65. The molecular formula is C10H8ClIN2O. The van der Waals surface area contributed by atoms with E-state index in [0.29, 0.717) is 5.02 Å². The molecule has 1 N–H and O–H groups in total. The Morgan fingerprint density at radius 2 is 2.27 bits per heavy atom. The SMILES string of the molecule is OCc1cc(Cl)ccc1-n1cc(I)cn1. The number of hydrogen-bond donors (Lipinski definition) is 1. The molecule has 0 saturated heterocycles. The molecule has 0 aliphatic rings. The Morgan fingerprint density at radius 1 is 1.47 bits per heavy atom. The van der Waals surface area contributed by atoms with Gasteiger partial charge in [0.05, 0.1) is 22.1 Å². The molecule has 2 rings (SSSR count). The topological polar surface area (TPSA) is 38.0 Å². The molecule has 5 heteroatoms. The molecule has 0 aliphatic heterocycles. The van der Waals surface area contributed by atoms with Crippen LogP contribution in [0.2, 0.25) is 5.02 Å². The predicted octanol–water partition coefficient (Wildman–Crippen LogP) is 2.62. The molecule has 0 saturated carbocycles. The summed E-state index contributed by atoms with van der Waals surface area (Å²) in [5.74, 6) is 0. The van der Waals surface area contributed by atoms with Gasteiger partial charge in [0.15, 0.2) is 0 Å². The van der Waals surface area contributed by atoms with E-state index in [0.717, 1.165) is 14.8 Å². The van der Waals surface area contributed by atoms with Crippen molar-refractivity contribution in [2.45, 2.75) is 6.61 Å². The Kier molecular flexibility index (Phi) is 3.28. The molecule has 0 atom stereocenters. The molecule has 1 aromatic carbocycles. The van der Waals surface area contributed by atoms with Crippen LogP contribution in [0.5, 0.6) is 0 Å². The van der Waals surface area contributed by atoms with Crippen molar-refractivity contribution in [3.05, 3.63) is 44.7 Å². The highest BCUT2D eigenvalue weighted by molar-refractivity contribution is 14.1. The lowest BCUT2D eigenvalue weighted by Gasteiger charge is -2.07. The number of hydrogen-bond acceptors (Lipinski definition) is 2. The van der Waals surface area contributed by atoms with Crippen molar-refractivity contribution in [3.8, 4) is 5.69 Å². The molecule has 0 spiro atoms. The summed E-state index contributed by atoms with van der Waals surface area (Å²) in [5, 5.41) is 14.0. The summed E-state index contributed by atoms with van der Waals surface area (Å²) in [6.45, 7) is -0.0493. The Balaban J connectivity index is 2.52. The highest BCUT2D eigenvalue weighted by Crippen LogP contribution is 2.20. The van der Waals surface area contributed by atoms with Crippen molar-refractivity contribution in [1.82, 2.24) is 9.78 Å². The van der Waals surface area contributed by atoms with Gasteiger partial charge < -0.3 is 5.11 Å². The fourth-order valence-electron chi connectivity index (χ4n) is 1.34. The Hall–Kier alpha value is -0.590. The second-order valence-electron chi connectivity index (χ2n) is 3.03. The first kappa shape index (κ1) is 10.9. The highest BCUT2D eigenvalue weighted by Gasteiger charge is 2.05. The third-order valence-electron chi connectivity index (χ3n) is 2.01. The predicted molar refractivity (Wildman–Crippen MR) is 67.2 cm³/mol. The smallest absolute Gasteiger partial charge is 0.0703 e. The molecule has 0 aliphatic carbocycles. The van der Waals surface area contributed by atoms with Gasteiger partial charge in [0, 0.05) is 16.8 Å². The fraction of sp³-hybridized carbons (Fsp3) is 0.100. The van der Waals surface area contributed by atoms with Gasteiger partial charge in [0.1, 0.15) is 0 Å². The van der Waals surface area contributed by atoms with Crippen LogP contribution in [0.4, 0.5) is 0 Å². The normalized spacial score (nSPS) is 10.6. The van der Waals surface area contributed by atoms with Crippen LogP contribution >= 0.6 is 34.2 Å². The maximum Gasteiger partial charge on any atom is 0.0703 e. The minimum absolute atomic E-state index is 0.0493. The van der Waals surface area contributed by atoms with Gasteiger partial charge in [-0.2, -0.15) is 5.10 Å². The van der Waals surface area contributed by atoms with E-state index >= 15 is 0 Å². The molecule has 0 fully saturated rings. The number of benzene rings is 1. The molecule has 0 unspecified atom stereocenters. The van der Waals surface area contributed by atoms with Gasteiger partial charge in [-0.1, -0.05) is 11.6 Å². The first-order chi connectivity index (χ1) is 7.20. The Labute approximate surface area is 106 Å². The van der Waals surface area contributed by atoms with Crippen LogP contribution < -0.4 is 0 Å². The second kappa shape index (κ2) is 4.51. The van der Waals surface area contributed by atoms with E-state index in [-0.39, 0.29) is 6.61 Å². The van der Waals surface area contributed by atoms with Crippen molar-refractivity contribution < 1.29 is 5.11 Å². The third kappa shape index (κ3) is 2.32. The lowest BCUT2D eigenvalue weighted by Crippen LogP contribution is -1.99. The summed E-state index contributed by atoms with van der Waals surface area (Å²) in [7, 11) is 0. The average Bonchev–Trinajstić information content (AvgIpc) is 2.64. The fourth-order valence-corrected chi connectivity index (χ4v) is 1.92. The number of halogens is 2. The van der Waals surface area contributed by atoms with Gasteiger partial charge in [0.2, 0.25) is 0 Å². The molecule has 1 aromatic heterocycles. The number of aliphatic hydroxyl groups is 1. The quantitative estimate of drug-likeness (QED) is 0.858. The van der Waals surface area contributed by atoms with Gasteiger partial charge in [-0.15, -0.1) is 0 Å². The zero-order valence-corrected chi connectivity index (χ0v) is 10.6. The lowest BCUT2D eigenvalue weighted by molar-refractivity contribution is 0.281. The molecule has 1 heterocycles. The molecule has 15 heavy (non-hydrogen) atoms.